The molecular formula is C18H19N3O4. The van der Waals surface area contributed by atoms with Gasteiger partial charge in [-0.1, -0.05) is 18.2 Å². The number of amides is 3. The second kappa shape index (κ2) is 8.49. The van der Waals surface area contributed by atoms with Gasteiger partial charge in [0, 0.05) is 17.8 Å². The number of methoxy groups -OCH3 is 1. The summed E-state index contributed by atoms with van der Waals surface area (Å²) in [5.41, 5.74) is 6.79. The molecule has 0 saturated heterocycles. The average Bonchev–Trinajstić information content (AvgIpc) is 2.62. The van der Waals surface area contributed by atoms with Crippen molar-refractivity contribution in [3.8, 4) is 5.75 Å². The van der Waals surface area contributed by atoms with Gasteiger partial charge < -0.3 is 21.1 Å². The fourth-order valence-electron chi connectivity index (χ4n) is 2.21. The summed E-state index contributed by atoms with van der Waals surface area (Å²) >= 11 is 0. The minimum absolute atomic E-state index is 0.299. The molecule has 0 radical (unpaired) electrons. The number of ether oxygens (including phenoxy) is 1. The highest BCUT2D eigenvalue weighted by Gasteiger charge is 2.13. The fourth-order valence-corrected chi connectivity index (χ4v) is 2.21. The van der Waals surface area contributed by atoms with E-state index in [0.29, 0.717) is 24.2 Å². The molecule has 0 heterocycles. The van der Waals surface area contributed by atoms with E-state index in [1.807, 2.05) is 24.3 Å². The summed E-state index contributed by atoms with van der Waals surface area (Å²) in [6.07, 6.45) is 0.538. The highest BCUT2D eigenvalue weighted by atomic mass is 16.5. The first-order valence-corrected chi connectivity index (χ1v) is 7.62. The predicted molar refractivity (Wildman–Crippen MR) is 93.3 cm³/mol. The Kier molecular flexibility index (Phi) is 6.11. The summed E-state index contributed by atoms with van der Waals surface area (Å²) < 4.78 is 5.23. The van der Waals surface area contributed by atoms with E-state index in [9.17, 15) is 14.4 Å². The second-order valence-corrected chi connectivity index (χ2v) is 5.21. The Bertz CT molecular complexity index is 772. The van der Waals surface area contributed by atoms with Crippen molar-refractivity contribution in [1.82, 2.24) is 5.32 Å². The van der Waals surface area contributed by atoms with Gasteiger partial charge in [-0.2, -0.15) is 0 Å². The number of carbonyl (C=O) groups excluding carboxylic acids is 3. The number of hydrogen-bond acceptors (Lipinski definition) is 4. The van der Waals surface area contributed by atoms with Crippen LogP contribution in [0.2, 0.25) is 0 Å². The molecule has 7 heteroatoms. The van der Waals surface area contributed by atoms with E-state index < -0.39 is 17.7 Å². The third-order valence-electron chi connectivity index (χ3n) is 3.51. The highest BCUT2D eigenvalue weighted by Crippen LogP contribution is 2.17. The first-order chi connectivity index (χ1) is 12.0. The standard InChI is InChI=1S/C18H19N3O4/c1-25-15-5-3-2-4-12(15)10-11-20-17(23)18(24)21-14-8-6-13(7-9-14)16(19)22/h2-9H,10-11H2,1H3,(H2,19,22)(H,20,23)(H,21,24). The van der Waals surface area contributed by atoms with Crippen LogP contribution in [0.4, 0.5) is 5.69 Å². The van der Waals surface area contributed by atoms with E-state index in [-0.39, 0.29) is 0 Å². The van der Waals surface area contributed by atoms with Crippen LogP contribution in [0.15, 0.2) is 48.5 Å². The molecule has 0 unspecified atom stereocenters. The zero-order valence-electron chi connectivity index (χ0n) is 13.7. The van der Waals surface area contributed by atoms with E-state index in [1.165, 1.54) is 24.3 Å². The van der Waals surface area contributed by atoms with Crippen LogP contribution in [0.25, 0.3) is 0 Å². The molecular weight excluding hydrogens is 322 g/mol. The third-order valence-corrected chi connectivity index (χ3v) is 3.51. The van der Waals surface area contributed by atoms with Crippen molar-refractivity contribution in [3.05, 3.63) is 59.7 Å². The van der Waals surface area contributed by atoms with Gasteiger partial charge in [0.1, 0.15) is 5.75 Å². The van der Waals surface area contributed by atoms with Gasteiger partial charge in [0.15, 0.2) is 0 Å². The maximum Gasteiger partial charge on any atom is 0.313 e. The number of nitrogens with one attached hydrogen (secondary N) is 2. The molecule has 0 aliphatic rings. The Morgan fingerprint density at radius 2 is 1.68 bits per heavy atom. The van der Waals surface area contributed by atoms with Crippen LogP contribution in [-0.2, 0) is 16.0 Å². The van der Waals surface area contributed by atoms with Crippen molar-refractivity contribution in [2.75, 3.05) is 19.0 Å². The molecule has 3 amide bonds. The molecule has 2 aromatic rings. The van der Waals surface area contributed by atoms with Crippen molar-refractivity contribution in [2.45, 2.75) is 6.42 Å². The number of para-hydroxylation sites is 1. The minimum atomic E-state index is -0.785. The van der Waals surface area contributed by atoms with Gasteiger partial charge in [-0.05, 0) is 42.3 Å². The van der Waals surface area contributed by atoms with E-state index in [2.05, 4.69) is 10.6 Å². The molecule has 0 aliphatic carbocycles. The SMILES string of the molecule is COc1ccccc1CCNC(=O)C(=O)Nc1ccc(C(N)=O)cc1. The van der Waals surface area contributed by atoms with Gasteiger partial charge in [0.25, 0.3) is 0 Å². The molecule has 4 N–H and O–H groups in total. The first-order valence-electron chi connectivity index (χ1n) is 7.62. The topological polar surface area (TPSA) is 111 Å². The Hall–Kier alpha value is -3.35. The maximum absolute atomic E-state index is 11.9. The van der Waals surface area contributed by atoms with Crippen LogP contribution in [0, 0.1) is 0 Å². The molecule has 0 fully saturated rings. The van der Waals surface area contributed by atoms with Crippen molar-refractivity contribution in [2.24, 2.45) is 5.73 Å². The first kappa shape index (κ1) is 18.0. The number of primary amides is 1. The number of carbonyl (C=O) groups is 3. The van der Waals surface area contributed by atoms with Crippen LogP contribution < -0.4 is 21.1 Å². The van der Waals surface area contributed by atoms with Gasteiger partial charge in [-0.25, -0.2) is 0 Å². The number of rotatable bonds is 6. The van der Waals surface area contributed by atoms with E-state index in [4.69, 9.17) is 10.5 Å². The lowest BCUT2D eigenvalue weighted by Crippen LogP contribution is -2.36. The second-order valence-electron chi connectivity index (χ2n) is 5.21. The van der Waals surface area contributed by atoms with E-state index in [0.717, 1.165) is 11.3 Å². The van der Waals surface area contributed by atoms with E-state index in [1.54, 1.807) is 7.11 Å². The zero-order valence-corrected chi connectivity index (χ0v) is 13.7. The molecule has 0 saturated carbocycles. The van der Waals surface area contributed by atoms with Gasteiger partial charge >= 0.3 is 11.8 Å². The normalized spacial score (nSPS) is 9.96. The lowest BCUT2D eigenvalue weighted by molar-refractivity contribution is -0.136. The lowest BCUT2D eigenvalue weighted by Gasteiger charge is -2.09. The predicted octanol–water partition coefficient (Wildman–Crippen LogP) is 1.09. The van der Waals surface area contributed by atoms with Gasteiger partial charge in [-0.3, -0.25) is 14.4 Å². The molecule has 0 aromatic heterocycles. The summed E-state index contributed by atoms with van der Waals surface area (Å²) in [5, 5.41) is 5.00. The quantitative estimate of drug-likeness (QED) is 0.683. The van der Waals surface area contributed by atoms with Crippen molar-refractivity contribution in [3.63, 3.8) is 0 Å². The Balaban J connectivity index is 1.84. The van der Waals surface area contributed by atoms with Gasteiger partial charge in [0.2, 0.25) is 5.91 Å². The summed E-state index contributed by atoms with van der Waals surface area (Å²) in [4.78, 5) is 34.7. The Morgan fingerprint density at radius 1 is 1.00 bits per heavy atom. The molecule has 0 aliphatic heterocycles. The number of hydrogen-bond donors (Lipinski definition) is 3. The molecule has 0 spiro atoms. The summed E-state index contributed by atoms with van der Waals surface area (Å²) in [6, 6.07) is 13.4. The summed E-state index contributed by atoms with van der Waals surface area (Å²) in [7, 11) is 1.58. The fraction of sp³-hybridized carbons (Fsp3) is 0.167. The van der Waals surface area contributed by atoms with Crippen molar-refractivity contribution < 1.29 is 19.1 Å². The van der Waals surface area contributed by atoms with Crippen LogP contribution in [0.1, 0.15) is 15.9 Å². The molecule has 2 aromatic carbocycles. The zero-order chi connectivity index (χ0) is 18.2. The Labute approximate surface area is 145 Å². The Morgan fingerprint density at radius 3 is 2.32 bits per heavy atom. The third kappa shape index (κ3) is 5.07. The lowest BCUT2D eigenvalue weighted by atomic mass is 10.1. The molecule has 25 heavy (non-hydrogen) atoms. The number of anilines is 1. The number of nitrogens with two attached hydrogens (primary N) is 1. The molecule has 7 nitrogen and oxygen atoms in total. The monoisotopic (exact) mass is 341 g/mol. The van der Waals surface area contributed by atoms with Crippen LogP contribution in [0.3, 0.4) is 0 Å². The summed E-state index contributed by atoms with van der Waals surface area (Å²) in [6.45, 7) is 0.299. The largest absolute Gasteiger partial charge is 0.496 e. The smallest absolute Gasteiger partial charge is 0.313 e. The van der Waals surface area contributed by atoms with Crippen molar-refractivity contribution in [1.29, 1.82) is 0 Å². The molecule has 0 atom stereocenters. The van der Waals surface area contributed by atoms with Gasteiger partial charge in [-0.15, -0.1) is 0 Å². The van der Waals surface area contributed by atoms with E-state index >= 15 is 0 Å². The minimum Gasteiger partial charge on any atom is -0.496 e. The van der Waals surface area contributed by atoms with Crippen LogP contribution in [0.5, 0.6) is 5.75 Å². The molecule has 2 rings (SSSR count). The summed E-state index contributed by atoms with van der Waals surface area (Å²) in [5.74, 6) is -1.36. The number of benzene rings is 2. The maximum atomic E-state index is 11.9. The van der Waals surface area contributed by atoms with Crippen LogP contribution in [-0.4, -0.2) is 31.4 Å². The van der Waals surface area contributed by atoms with Crippen molar-refractivity contribution >= 4 is 23.4 Å². The van der Waals surface area contributed by atoms with Gasteiger partial charge in [0.05, 0.1) is 7.11 Å². The van der Waals surface area contributed by atoms with Crippen LogP contribution >= 0.6 is 0 Å². The highest BCUT2D eigenvalue weighted by molar-refractivity contribution is 6.39. The molecule has 0 bridgehead atoms. The molecule has 130 valence electrons. The average molecular weight is 341 g/mol.